The average molecular weight is 417 g/mol. The van der Waals surface area contributed by atoms with E-state index in [9.17, 15) is 24.5 Å². The summed E-state index contributed by atoms with van der Waals surface area (Å²) in [5.74, 6) is 0. The Morgan fingerprint density at radius 3 is 2.38 bits per heavy atom. The van der Waals surface area contributed by atoms with Crippen molar-refractivity contribution in [3.8, 4) is 0 Å². The Labute approximate surface area is 169 Å². The van der Waals surface area contributed by atoms with E-state index in [2.05, 4.69) is 0 Å². The molecule has 0 aliphatic heterocycles. The number of nitrogens with zero attached hydrogens (tertiary/aromatic N) is 4. The van der Waals surface area contributed by atoms with E-state index in [-0.39, 0.29) is 51.8 Å². The Hall–Kier alpha value is -3.30. The number of fused-ring (bicyclic) bond motifs is 2. The summed E-state index contributed by atoms with van der Waals surface area (Å²) in [6.45, 7) is 0.660. The lowest BCUT2D eigenvalue weighted by atomic mass is 10.1. The fourth-order valence-electron chi connectivity index (χ4n) is 3.47. The van der Waals surface area contributed by atoms with E-state index in [1.165, 1.54) is 28.7 Å². The molecule has 0 bridgehead atoms. The molecule has 2 heterocycles. The van der Waals surface area contributed by atoms with E-state index in [0.717, 1.165) is 4.57 Å². The highest BCUT2D eigenvalue weighted by Gasteiger charge is 2.19. The molecule has 150 valence electrons. The smallest absolute Gasteiger partial charge is 0.308 e. The number of halogens is 1. The van der Waals surface area contributed by atoms with Crippen molar-refractivity contribution in [1.82, 2.24) is 13.9 Å². The van der Waals surface area contributed by atoms with Gasteiger partial charge in [0.05, 0.1) is 26.7 Å². The normalized spacial score (nSPS) is 11.4. The van der Waals surface area contributed by atoms with E-state index in [4.69, 9.17) is 0 Å². The second-order valence-electron chi connectivity index (χ2n) is 6.87. The van der Waals surface area contributed by atoms with Gasteiger partial charge in [-0.3, -0.25) is 28.7 Å². The topological polar surface area (TPSA) is 107 Å². The summed E-state index contributed by atoms with van der Waals surface area (Å²) in [6, 6.07) is 8.46. The van der Waals surface area contributed by atoms with Crippen molar-refractivity contribution in [1.29, 1.82) is 0 Å². The molecule has 0 unspecified atom stereocenters. The highest BCUT2D eigenvalue weighted by molar-refractivity contribution is 6.02. The van der Waals surface area contributed by atoms with Crippen LogP contribution in [0.2, 0.25) is 0 Å². The zero-order chi connectivity index (χ0) is 20.2. The molecule has 0 radical (unpaired) electrons. The number of para-hydroxylation sites is 1. The minimum atomic E-state index is -0.593. The van der Waals surface area contributed by atoms with E-state index >= 15 is 0 Å². The van der Waals surface area contributed by atoms with E-state index in [0.29, 0.717) is 6.54 Å². The minimum Gasteiger partial charge on any atom is -0.308 e. The Balaban J connectivity index is 0.00000240. The number of pyridine rings is 1. The van der Waals surface area contributed by atoms with Crippen LogP contribution in [0.15, 0.2) is 50.8 Å². The number of hydrogen-bond acceptors (Lipinski definition) is 6. The molecule has 29 heavy (non-hydrogen) atoms. The van der Waals surface area contributed by atoms with Gasteiger partial charge in [0, 0.05) is 30.6 Å². The molecule has 0 N–H and O–H groups in total. The van der Waals surface area contributed by atoms with Gasteiger partial charge in [-0.15, -0.1) is 12.4 Å². The third-order valence-electron chi connectivity index (χ3n) is 4.85. The summed E-state index contributed by atoms with van der Waals surface area (Å²) >= 11 is 0. The van der Waals surface area contributed by atoms with Crippen LogP contribution in [0.3, 0.4) is 0 Å². The number of nitro benzene ring substituents is 1. The van der Waals surface area contributed by atoms with Gasteiger partial charge in [0.2, 0.25) is 0 Å². The molecule has 0 saturated carbocycles. The molecule has 4 aromatic rings. The second kappa shape index (κ2) is 7.26. The number of aromatic nitrogens is 2. The SMILES string of the molecule is CN(C)CCn1c(=O)c2cccc3c(=O)c4cc([N+](=O)[O-])ccc4n(c1=O)c32.Cl. The molecule has 0 aliphatic rings. The zero-order valence-electron chi connectivity index (χ0n) is 15.6. The maximum Gasteiger partial charge on any atom is 0.336 e. The lowest BCUT2D eigenvalue weighted by Gasteiger charge is -2.15. The molecule has 0 spiro atoms. The molecule has 0 aliphatic carbocycles. The molecule has 2 aromatic heterocycles. The van der Waals surface area contributed by atoms with E-state index in [1.54, 1.807) is 12.1 Å². The van der Waals surface area contributed by atoms with Crippen LogP contribution in [-0.4, -0.2) is 39.4 Å². The molecule has 9 nitrogen and oxygen atoms in total. The number of rotatable bonds is 4. The predicted molar refractivity (Wildman–Crippen MR) is 113 cm³/mol. The van der Waals surface area contributed by atoms with Crippen molar-refractivity contribution in [2.75, 3.05) is 20.6 Å². The van der Waals surface area contributed by atoms with Crippen molar-refractivity contribution in [3.05, 3.63) is 77.6 Å². The van der Waals surface area contributed by atoms with Crippen LogP contribution in [0.5, 0.6) is 0 Å². The number of benzene rings is 2. The first-order chi connectivity index (χ1) is 13.3. The third-order valence-corrected chi connectivity index (χ3v) is 4.85. The van der Waals surface area contributed by atoms with Crippen molar-refractivity contribution < 1.29 is 4.92 Å². The molecule has 10 heteroatoms. The van der Waals surface area contributed by atoms with Crippen LogP contribution < -0.4 is 16.7 Å². The first-order valence-corrected chi connectivity index (χ1v) is 8.58. The molecule has 0 fully saturated rings. The maximum atomic E-state index is 13.2. The van der Waals surface area contributed by atoms with Crippen molar-refractivity contribution in [3.63, 3.8) is 0 Å². The van der Waals surface area contributed by atoms with Gasteiger partial charge in [0.15, 0.2) is 5.43 Å². The van der Waals surface area contributed by atoms with Gasteiger partial charge >= 0.3 is 5.69 Å². The minimum absolute atomic E-state index is 0. The Bertz CT molecular complexity index is 1440. The summed E-state index contributed by atoms with van der Waals surface area (Å²) in [5, 5.41) is 11.6. The number of likely N-dealkylation sites (N-methyl/N-ethyl adjacent to an activating group) is 1. The highest BCUT2D eigenvalue weighted by Crippen LogP contribution is 2.23. The van der Waals surface area contributed by atoms with Gasteiger partial charge in [-0.25, -0.2) is 4.79 Å². The third kappa shape index (κ3) is 3.04. The maximum absolute atomic E-state index is 13.2. The standard InChI is InChI=1S/C19H16N4O5.ClH/c1-20(2)8-9-21-18(25)13-5-3-4-12-16(13)22(19(21)26)15-7-6-11(23(27)28)10-14(15)17(12)24;/h3-7,10H,8-9H2,1-2H3;1H. The predicted octanol–water partition coefficient (Wildman–Crippen LogP) is 1.46. The molecular weight excluding hydrogens is 400 g/mol. The summed E-state index contributed by atoms with van der Waals surface area (Å²) < 4.78 is 2.44. The van der Waals surface area contributed by atoms with Crippen LogP contribution >= 0.6 is 12.4 Å². The van der Waals surface area contributed by atoms with Gasteiger partial charge in [0.1, 0.15) is 0 Å². The highest BCUT2D eigenvalue weighted by atomic mass is 35.5. The lowest BCUT2D eigenvalue weighted by Crippen LogP contribution is -2.40. The summed E-state index contributed by atoms with van der Waals surface area (Å²) in [5.41, 5.74) is -1.24. The zero-order valence-corrected chi connectivity index (χ0v) is 16.4. The summed E-state index contributed by atoms with van der Waals surface area (Å²) in [6.07, 6.45) is 0. The quantitative estimate of drug-likeness (QED) is 0.216. The van der Waals surface area contributed by atoms with Crippen LogP contribution in [0.1, 0.15) is 0 Å². The van der Waals surface area contributed by atoms with E-state index in [1.807, 2.05) is 19.0 Å². The van der Waals surface area contributed by atoms with Gasteiger partial charge in [-0.2, -0.15) is 0 Å². The van der Waals surface area contributed by atoms with Crippen molar-refractivity contribution >= 4 is 45.3 Å². The van der Waals surface area contributed by atoms with Crippen LogP contribution in [0, 0.1) is 10.1 Å². The molecule has 0 amide bonds. The van der Waals surface area contributed by atoms with Gasteiger partial charge in [-0.1, -0.05) is 6.07 Å². The molecule has 2 aromatic carbocycles. The largest absolute Gasteiger partial charge is 0.336 e. The second-order valence-corrected chi connectivity index (χ2v) is 6.87. The summed E-state index contributed by atoms with van der Waals surface area (Å²) in [7, 11) is 3.66. The van der Waals surface area contributed by atoms with Gasteiger partial charge < -0.3 is 4.90 Å². The molecule has 4 rings (SSSR count). The average Bonchev–Trinajstić information content (AvgIpc) is 2.66. The van der Waals surface area contributed by atoms with Crippen LogP contribution in [0.4, 0.5) is 5.69 Å². The number of hydrogen-bond donors (Lipinski definition) is 0. The van der Waals surface area contributed by atoms with Crippen molar-refractivity contribution in [2.24, 2.45) is 0 Å². The monoisotopic (exact) mass is 416 g/mol. The van der Waals surface area contributed by atoms with Gasteiger partial charge in [-0.05, 0) is 32.3 Å². The Morgan fingerprint density at radius 1 is 1.03 bits per heavy atom. The van der Waals surface area contributed by atoms with Crippen molar-refractivity contribution in [2.45, 2.75) is 6.54 Å². The Kier molecular flexibility index (Phi) is 5.12. The first-order valence-electron chi connectivity index (χ1n) is 8.58. The van der Waals surface area contributed by atoms with Gasteiger partial charge in [0.25, 0.3) is 11.2 Å². The lowest BCUT2D eigenvalue weighted by molar-refractivity contribution is -0.384. The number of non-ortho nitro benzene ring substituents is 1. The number of nitro groups is 1. The molecular formula is C19H17ClN4O5. The molecule has 0 saturated heterocycles. The Morgan fingerprint density at radius 2 is 1.72 bits per heavy atom. The van der Waals surface area contributed by atoms with Crippen LogP contribution in [-0.2, 0) is 6.54 Å². The first kappa shape index (κ1) is 20.4. The fourth-order valence-corrected chi connectivity index (χ4v) is 3.47. The fraction of sp³-hybridized carbons (Fsp3) is 0.211. The molecule has 0 atom stereocenters. The van der Waals surface area contributed by atoms with Crippen LogP contribution in [0.25, 0.3) is 27.2 Å². The summed E-state index contributed by atoms with van der Waals surface area (Å²) in [4.78, 5) is 51.4. The van der Waals surface area contributed by atoms with E-state index < -0.39 is 21.6 Å².